The highest BCUT2D eigenvalue weighted by molar-refractivity contribution is 4.93. The largest absolute Gasteiger partial charge is 0.381 e. The van der Waals surface area contributed by atoms with E-state index in [9.17, 15) is 0 Å². The fraction of sp³-hybridized carbons (Fsp3) is 0.830. The van der Waals surface area contributed by atoms with Gasteiger partial charge in [0.15, 0.2) is 0 Å². The number of allylic oxidation sites excluding steroid dienone is 8. The summed E-state index contributed by atoms with van der Waals surface area (Å²) in [7, 11) is 2.25. The Morgan fingerprint density at radius 2 is 0.700 bits per heavy atom. The Bertz CT molecular complexity index is 722. The van der Waals surface area contributed by atoms with Crippen LogP contribution in [0.25, 0.3) is 0 Å². The van der Waals surface area contributed by atoms with Crippen molar-refractivity contribution < 1.29 is 9.47 Å². The van der Waals surface area contributed by atoms with Gasteiger partial charge in [-0.2, -0.15) is 0 Å². The molecule has 1 aliphatic rings. The van der Waals surface area contributed by atoms with Gasteiger partial charge in [-0.05, 0) is 84.1 Å². The maximum atomic E-state index is 6.17. The van der Waals surface area contributed by atoms with E-state index in [0.29, 0.717) is 11.8 Å². The van der Waals surface area contributed by atoms with Gasteiger partial charge in [-0.1, -0.05) is 165 Å². The van der Waals surface area contributed by atoms with Crippen molar-refractivity contribution in [2.75, 3.05) is 46.6 Å². The molecule has 0 aromatic heterocycles. The van der Waals surface area contributed by atoms with Crippen LogP contribution in [0.2, 0.25) is 0 Å². The lowest BCUT2D eigenvalue weighted by atomic mass is 9.98. The minimum atomic E-state index is 0.634. The van der Waals surface area contributed by atoms with Gasteiger partial charge in [0.05, 0.1) is 13.2 Å². The predicted molar refractivity (Wildman–Crippen MR) is 223 cm³/mol. The minimum Gasteiger partial charge on any atom is -0.381 e. The Labute approximate surface area is 314 Å². The van der Waals surface area contributed by atoms with Crippen LogP contribution in [0, 0.1) is 11.8 Å². The van der Waals surface area contributed by atoms with Gasteiger partial charge in [0, 0.05) is 38.1 Å². The Kier molecular flexibility index (Phi) is 36.6. The van der Waals surface area contributed by atoms with E-state index in [4.69, 9.17) is 9.47 Å². The minimum absolute atomic E-state index is 0.634. The molecule has 0 N–H and O–H groups in total. The molecule has 0 aromatic rings. The molecule has 0 amide bonds. The molecule has 0 radical (unpaired) electrons. The standard InChI is InChI=1S/C47H87NO2/c1-4-6-8-10-12-14-16-18-20-22-24-26-28-30-32-34-36-38-40-49-44-46-42-48(3)43-47(46)45-50-41-39-37-35-33-31-29-27-25-23-21-19-17-15-13-11-9-7-5-2/h12-15,18-21,46-47H,4-11,16-17,22-45H2,1-3H3/t46-,47?/m0/s1. The van der Waals surface area contributed by atoms with Crippen LogP contribution in [0.5, 0.6) is 0 Å². The number of hydrogen-bond donors (Lipinski definition) is 0. The lowest BCUT2D eigenvalue weighted by molar-refractivity contribution is 0.0482. The van der Waals surface area contributed by atoms with Crippen LogP contribution in [-0.2, 0) is 9.47 Å². The van der Waals surface area contributed by atoms with E-state index in [1.54, 1.807) is 0 Å². The second-order valence-electron chi connectivity index (χ2n) is 15.5. The highest BCUT2D eigenvalue weighted by atomic mass is 16.5. The van der Waals surface area contributed by atoms with Crippen molar-refractivity contribution in [3.8, 4) is 0 Å². The number of hydrogen-bond acceptors (Lipinski definition) is 3. The van der Waals surface area contributed by atoms with E-state index in [0.717, 1.165) is 52.4 Å². The molecule has 50 heavy (non-hydrogen) atoms. The number of ether oxygens (including phenoxy) is 2. The molecule has 1 fully saturated rings. The average molecular weight is 698 g/mol. The lowest BCUT2D eigenvalue weighted by Gasteiger charge is -2.18. The highest BCUT2D eigenvalue weighted by Crippen LogP contribution is 2.23. The number of rotatable bonds is 38. The summed E-state index contributed by atoms with van der Waals surface area (Å²) in [6.45, 7) is 10.5. The first-order chi connectivity index (χ1) is 24.8. The zero-order valence-corrected chi connectivity index (χ0v) is 34.1. The highest BCUT2D eigenvalue weighted by Gasteiger charge is 2.30. The molecular weight excluding hydrogens is 611 g/mol. The van der Waals surface area contributed by atoms with E-state index in [1.807, 2.05) is 0 Å². The van der Waals surface area contributed by atoms with Gasteiger partial charge in [0.25, 0.3) is 0 Å². The zero-order valence-electron chi connectivity index (χ0n) is 34.1. The molecule has 1 heterocycles. The van der Waals surface area contributed by atoms with E-state index >= 15 is 0 Å². The Morgan fingerprint density at radius 3 is 1.04 bits per heavy atom. The lowest BCUT2D eigenvalue weighted by Crippen LogP contribution is -2.23. The van der Waals surface area contributed by atoms with Crippen LogP contribution in [0.3, 0.4) is 0 Å². The molecule has 292 valence electrons. The molecule has 0 spiro atoms. The fourth-order valence-corrected chi connectivity index (χ4v) is 7.11. The normalized spacial score (nSPS) is 17.3. The van der Waals surface area contributed by atoms with Crippen molar-refractivity contribution in [1.29, 1.82) is 0 Å². The van der Waals surface area contributed by atoms with Crippen LogP contribution in [0.15, 0.2) is 48.6 Å². The third-order valence-electron chi connectivity index (χ3n) is 10.4. The SMILES string of the molecule is CCCCCC=CCC=CCCCCCCCCCCOCC1CN(C)C[C@H]1COCCCCCCCCCCC=CCC=CCCCCC. The molecule has 1 rings (SSSR count). The third-order valence-corrected chi connectivity index (χ3v) is 10.4. The number of nitrogens with zero attached hydrogens (tertiary/aromatic N) is 1. The van der Waals surface area contributed by atoms with E-state index in [2.05, 4.69) is 74.4 Å². The van der Waals surface area contributed by atoms with Crippen molar-refractivity contribution in [2.24, 2.45) is 11.8 Å². The Balaban J connectivity index is 1.85. The van der Waals surface area contributed by atoms with Crippen LogP contribution in [-0.4, -0.2) is 51.5 Å². The topological polar surface area (TPSA) is 21.7 Å². The van der Waals surface area contributed by atoms with Gasteiger partial charge in [-0.3, -0.25) is 0 Å². The van der Waals surface area contributed by atoms with Crippen molar-refractivity contribution in [1.82, 2.24) is 4.90 Å². The van der Waals surface area contributed by atoms with Gasteiger partial charge < -0.3 is 14.4 Å². The average Bonchev–Trinajstić information content (AvgIpc) is 3.48. The molecular formula is C47H87NO2. The maximum absolute atomic E-state index is 6.17. The maximum Gasteiger partial charge on any atom is 0.0510 e. The van der Waals surface area contributed by atoms with Crippen molar-refractivity contribution in [3.63, 3.8) is 0 Å². The van der Waals surface area contributed by atoms with Crippen molar-refractivity contribution in [2.45, 2.75) is 194 Å². The molecule has 3 nitrogen and oxygen atoms in total. The summed E-state index contributed by atoms with van der Waals surface area (Å²) in [5, 5.41) is 0. The molecule has 0 aliphatic carbocycles. The summed E-state index contributed by atoms with van der Waals surface area (Å²) >= 11 is 0. The van der Waals surface area contributed by atoms with E-state index < -0.39 is 0 Å². The predicted octanol–water partition coefficient (Wildman–Crippen LogP) is 14.4. The summed E-state index contributed by atoms with van der Waals surface area (Å²) in [6.07, 6.45) is 55.8. The molecule has 1 unspecified atom stereocenters. The smallest absolute Gasteiger partial charge is 0.0510 e. The summed E-state index contributed by atoms with van der Waals surface area (Å²) in [6, 6.07) is 0. The summed E-state index contributed by atoms with van der Waals surface area (Å²) in [4.78, 5) is 2.47. The number of unbranched alkanes of at least 4 members (excludes halogenated alkanes) is 22. The fourth-order valence-electron chi connectivity index (χ4n) is 7.11. The first kappa shape index (κ1) is 46.9. The van der Waals surface area contributed by atoms with E-state index in [1.165, 1.54) is 167 Å². The van der Waals surface area contributed by atoms with Gasteiger partial charge in [0.2, 0.25) is 0 Å². The molecule has 0 aromatic carbocycles. The van der Waals surface area contributed by atoms with Crippen LogP contribution >= 0.6 is 0 Å². The van der Waals surface area contributed by atoms with E-state index in [-0.39, 0.29) is 0 Å². The van der Waals surface area contributed by atoms with Crippen LogP contribution in [0.1, 0.15) is 194 Å². The molecule has 0 bridgehead atoms. The van der Waals surface area contributed by atoms with Crippen molar-refractivity contribution in [3.05, 3.63) is 48.6 Å². The summed E-state index contributed by atoms with van der Waals surface area (Å²) < 4.78 is 12.3. The van der Waals surface area contributed by atoms with Gasteiger partial charge >= 0.3 is 0 Å². The zero-order chi connectivity index (χ0) is 35.8. The third kappa shape index (κ3) is 32.7. The molecule has 0 saturated carbocycles. The summed E-state index contributed by atoms with van der Waals surface area (Å²) in [5.74, 6) is 1.27. The van der Waals surface area contributed by atoms with Crippen LogP contribution < -0.4 is 0 Å². The Morgan fingerprint density at radius 1 is 0.400 bits per heavy atom. The van der Waals surface area contributed by atoms with Crippen LogP contribution in [0.4, 0.5) is 0 Å². The number of likely N-dealkylation sites (tertiary alicyclic amines) is 1. The van der Waals surface area contributed by atoms with Gasteiger partial charge in [-0.25, -0.2) is 0 Å². The molecule has 1 aliphatic heterocycles. The Hall–Kier alpha value is -1.16. The van der Waals surface area contributed by atoms with Gasteiger partial charge in [-0.15, -0.1) is 0 Å². The first-order valence-electron chi connectivity index (χ1n) is 22.2. The second kappa shape index (κ2) is 39.1. The molecule has 3 heteroatoms. The summed E-state index contributed by atoms with van der Waals surface area (Å²) in [5.41, 5.74) is 0. The second-order valence-corrected chi connectivity index (χ2v) is 15.5. The molecule has 2 atom stereocenters. The first-order valence-corrected chi connectivity index (χ1v) is 22.2. The molecule has 1 saturated heterocycles. The quantitative estimate of drug-likeness (QED) is 0.0473. The van der Waals surface area contributed by atoms with Gasteiger partial charge in [0.1, 0.15) is 0 Å². The monoisotopic (exact) mass is 698 g/mol. The van der Waals surface area contributed by atoms with Crippen molar-refractivity contribution >= 4 is 0 Å².